The fourth-order valence-electron chi connectivity index (χ4n) is 2.58. The van der Waals surface area contributed by atoms with E-state index in [0.29, 0.717) is 11.8 Å². The van der Waals surface area contributed by atoms with Gasteiger partial charge in [0.05, 0.1) is 7.11 Å². The fraction of sp³-hybridized carbons (Fsp3) is 0.571. The molecule has 1 aromatic carbocycles. The Morgan fingerprint density at radius 1 is 1.58 bits per heavy atom. The molecule has 1 heterocycles. The molecule has 2 unspecified atom stereocenters. The van der Waals surface area contributed by atoms with Crippen molar-refractivity contribution in [3.63, 3.8) is 0 Å². The van der Waals surface area contributed by atoms with E-state index < -0.39 is 0 Å². The van der Waals surface area contributed by atoms with Gasteiger partial charge in [0.15, 0.2) is 0 Å². The van der Waals surface area contributed by atoms with E-state index in [-0.39, 0.29) is 11.9 Å². The van der Waals surface area contributed by atoms with Crippen LogP contribution in [0.4, 0.5) is 4.39 Å². The minimum absolute atomic E-state index is 0.227. The molecular formula is C14H22FN3O. The van der Waals surface area contributed by atoms with Gasteiger partial charge in [0.1, 0.15) is 11.6 Å². The molecule has 1 aromatic rings. The molecule has 0 amide bonds. The number of nitrogens with two attached hydrogens (primary N) is 1. The summed E-state index contributed by atoms with van der Waals surface area (Å²) in [5.74, 6) is 0.373. The van der Waals surface area contributed by atoms with Gasteiger partial charge in [0.2, 0.25) is 0 Å². The van der Waals surface area contributed by atoms with Crippen molar-refractivity contribution in [1.82, 2.24) is 10.2 Å². The lowest BCUT2D eigenvalue weighted by Crippen LogP contribution is -2.49. The first-order valence-corrected chi connectivity index (χ1v) is 6.61. The maximum Gasteiger partial charge on any atom is 0.123 e. The lowest BCUT2D eigenvalue weighted by molar-refractivity contribution is 0.225. The fourth-order valence-corrected chi connectivity index (χ4v) is 2.58. The zero-order valence-corrected chi connectivity index (χ0v) is 11.5. The van der Waals surface area contributed by atoms with Crippen molar-refractivity contribution >= 4 is 0 Å². The molecule has 0 aromatic heterocycles. The van der Waals surface area contributed by atoms with Crippen molar-refractivity contribution in [3.05, 3.63) is 29.6 Å². The van der Waals surface area contributed by atoms with E-state index in [1.807, 2.05) is 0 Å². The topological polar surface area (TPSA) is 50.5 Å². The number of likely N-dealkylation sites (N-methyl/N-ethyl adjacent to an activating group) is 1. The van der Waals surface area contributed by atoms with Crippen LogP contribution in [0.1, 0.15) is 18.0 Å². The summed E-state index contributed by atoms with van der Waals surface area (Å²) in [6, 6.07) is 4.60. The molecule has 1 saturated heterocycles. The molecule has 1 fully saturated rings. The second-order valence-electron chi connectivity index (χ2n) is 5.14. The molecule has 4 nitrogen and oxygen atoms in total. The van der Waals surface area contributed by atoms with Crippen LogP contribution in [0.5, 0.6) is 5.75 Å². The van der Waals surface area contributed by atoms with E-state index in [4.69, 9.17) is 10.5 Å². The van der Waals surface area contributed by atoms with Crippen LogP contribution in [-0.4, -0.2) is 44.7 Å². The number of nitrogens with zero attached hydrogens (tertiary/aromatic N) is 1. The quantitative estimate of drug-likeness (QED) is 0.858. The molecule has 0 saturated carbocycles. The number of rotatable bonds is 4. The molecule has 2 rings (SSSR count). The van der Waals surface area contributed by atoms with Crippen LogP contribution in [0.3, 0.4) is 0 Å². The third kappa shape index (κ3) is 3.65. The predicted molar refractivity (Wildman–Crippen MR) is 73.8 cm³/mol. The largest absolute Gasteiger partial charge is 0.496 e. The van der Waals surface area contributed by atoms with Gasteiger partial charge >= 0.3 is 0 Å². The lowest BCUT2D eigenvalue weighted by atomic mass is 9.98. The highest BCUT2D eigenvalue weighted by Crippen LogP contribution is 2.27. The van der Waals surface area contributed by atoms with Gasteiger partial charge in [-0.05, 0) is 31.7 Å². The van der Waals surface area contributed by atoms with E-state index in [9.17, 15) is 4.39 Å². The lowest BCUT2D eigenvalue weighted by Gasteiger charge is -2.32. The average Bonchev–Trinajstić information content (AvgIpc) is 2.38. The number of hydrogen-bond acceptors (Lipinski definition) is 4. The third-order valence-electron chi connectivity index (χ3n) is 3.59. The van der Waals surface area contributed by atoms with Gasteiger partial charge in [-0.1, -0.05) is 0 Å². The van der Waals surface area contributed by atoms with Gasteiger partial charge in [-0.3, -0.25) is 0 Å². The molecule has 0 bridgehead atoms. The number of hydrogen-bond donors (Lipinski definition) is 2. The standard InChI is InChI=1S/C14H22FN3O/c1-18-6-5-17-11(9-18)8-13(16)12-7-10(15)3-4-14(12)19-2/h3-4,7,11,13,17H,5-6,8-9,16H2,1-2H3. The Kier molecular flexibility index (Phi) is 4.74. The second kappa shape index (κ2) is 6.32. The average molecular weight is 267 g/mol. The van der Waals surface area contributed by atoms with Gasteiger partial charge in [-0.2, -0.15) is 0 Å². The highest BCUT2D eigenvalue weighted by molar-refractivity contribution is 5.36. The summed E-state index contributed by atoms with van der Waals surface area (Å²) in [6.07, 6.45) is 0.768. The van der Waals surface area contributed by atoms with Crippen LogP contribution in [-0.2, 0) is 0 Å². The van der Waals surface area contributed by atoms with Crippen molar-refractivity contribution in [2.24, 2.45) is 5.73 Å². The minimum Gasteiger partial charge on any atom is -0.496 e. The smallest absolute Gasteiger partial charge is 0.123 e. The van der Waals surface area contributed by atoms with Gasteiger partial charge < -0.3 is 20.7 Å². The maximum absolute atomic E-state index is 13.3. The molecule has 106 valence electrons. The first kappa shape index (κ1) is 14.2. The zero-order chi connectivity index (χ0) is 13.8. The number of methoxy groups -OCH3 is 1. The van der Waals surface area contributed by atoms with Crippen LogP contribution in [0.25, 0.3) is 0 Å². The van der Waals surface area contributed by atoms with Gasteiger partial charge in [-0.15, -0.1) is 0 Å². The van der Waals surface area contributed by atoms with Crippen LogP contribution < -0.4 is 15.8 Å². The van der Waals surface area contributed by atoms with E-state index in [1.165, 1.54) is 12.1 Å². The highest BCUT2D eigenvalue weighted by Gasteiger charge is 2.21. The van der Waals surface area contributed by atoms with Gasteiger partial charge in [0, 0.05) is 37.3 Å². The molecule has 1 aliphatic rings. The van der Waals surface area contributed by atoms with E-state index in [2.05, 4.69) is 17.3 Å². The van der Waals surface area contributed by atoms with E-state index >= 15 is 0 Å². The summed E-state index contributed by atoms with van der Waals surface area (Å²) in [6.45, 7) is 2.98. The summed E-state index contributed by atoms with van der Waals surface area (Å²) in [5.41, 5.74) is 6.95. The SMILES string of the molecule is COc1ccc(F)cc1C(N)CC1CN(C)CCN1. The number of halogens is 1. The molecule has 19 heavy (non-hydrogen) atoms. The van der Waals surface area contributed by atoms with Crippen molar-refractivity contribution in [2.45, 2.75) is 18.5 Å². The molecule has 0 spiro atoms. The summed E-state index contributed by atoms with van der Waals surface area (Å²) in [7, 11) is 3.68. The summed E-state index contributed by atoms with van der Waals surface area (Å²) in [5, 5.41) is 3.45. The maximum atomic E-state index is 13.3. The second-order valence-corrected chi connectivity index (χ2v) is 5.14. The molecule has 5 heteroatoms. The van der Waals surface area contributed by atoms with Crippen LogP contribution in [0, 0.1) is 5.82 Å². The van der Waals surface area contributed by atoms with Crippen molar-refractivity contribution < 1.29 is 9.13 Å². The van der Waals surface area contributed by atoms with E-state index in [1.54, 1.807) is 13.2 Å². The normalized spacial score (nSPS) is 22.2. The van der Waals surface area contributed by atoms with Crippen LogP contribution in [0.15, 0.2) is 18.2 Å². The summed E-state index contributed by atoms with van der Waals surface area (Å²) >= 11 is 0. The number of benzene rings is 1. The Labute approximate surface area is 113 Å². The summed E-state index contributed by atoms with van der Waals surface area (Å²) in [4.78, 5) is 2.27. The van der Waals surface area contributed by atoms with Crippen molar-refractivity contribution in [1.29, 1.82) is 0 Å². The number of nitrogens with one attached hydrogen (secondary N) is 1. The first-order chi connectivity index (χ1) is 9.10. The molecular weight excluding hydrogens is 245 g/mol. The zero-order valence-electron chi connectivity index (χ0n) is 11.5. The summed E-state index contributed by atoms with van der Waals surface area (Å²) < 4.78 is 18.6. The molecule has 0 aliphatic carbocycles. The molecule has 1 aliphatic heterocycles. The van der Waals surface area contributed by atoms with Crippen molar-refractivity contribution in [3.8, 4) is 5.75 Å². The van der Waals surface area contributed by atoms with E-state index in [0.717, 1.165) is 31.6 Å². The highest BCUT2D eigenvalue weighted by atomic mass is 19.1. The van der Waals surface area contributed by atoms with Crippen LogP contribution >= 0.6 is 0 Å². The Morgan fingerprint density at radius 3 is 3.05 bits per heavy atom. The Bertz CT molecular complexity index is 427. The molecule has 0 radical (unpaired) electrons. The van der Waals surface area contributed by atoms with Gasteiger partial charge in [0.25, 0.3) is 0 Å². The minimum atomic E-state index is -0.278. The Balaban J connectivity index is 2.06. The van der Waals surface area contributed by atoms with Gasteiger partial charge in [-0.25, -0.2) is 4.39 Å². The third-order valence-corrected chi connectivity index (χ3v) is 3.59. The Morgan fingerprint density at radius 2 is 2.37 bits per heavy atom. The van der Waals surface area contributed by atoms with Crippen molar-refractivity contribution in [2.75, 3.05) is 33.8 Å². The predicted octanol–water partition coefficient (Wildman–Crippen LogP) is 1.13. The monoisotopic (exact) mass is 267 g/mol. The molecule has 3 N–H and O–H groups in total. The molecule has 2 atom stereocenters. The first-order valence-electron chi connectivity index (χ1n) is 6.61. The van der Waals surface area contributed by atoms with Crippen LogP contribution in [0.2, 0.25) is 0 Å². The number of ether oxygens (including phenoxy) is 1. The number of piperazine rings is 1. The Hall–Kier alpha value is -1.17.